The Morgan fingerprint density at radius 2 is 1.79 bits per heavy atom. The van der Waals surface area contributed by atoms with E-state index in [4.69, 9.17) is 4.98 Å². The summed E-state index contributed by atoms with van der Waals surface area (Å²) in [6.07, 6.45) is 7.12. The van der Waals surface area contributed by atoms with Gasteiger partial charge in [-0.1, -0.05) is 12.1 Å². The summed E-state index contributed by atoms with van der Waals surface area (Å²) >= 11 is 0. The van der Waals surface area contributed by atoms with Crippen LogP contribution < -0.4 is 10.9 Å². The minimum Gasteiger partial charge on any atom is -0.324 e. The van der Waals surface area contributed by atoms with Crippen molar-refractivity contribution >= 4 is 28.5 Å². The van der Waals surface area contributed by atoms with Gasteiger partial charge in [0.25, 0.3) is 5.56 Å². The molecule has 7 nitrogen and oxygen atoms in total. The lowest BCUT2D eigenvalue weighted by atomic mass is 9.49. The average Bonchev–Trinajstić information content (AvgIpc) is 2.75. The molecular formula is C27H31N5O2. The van der Waals surface area contributed by atoms with E-state index in [1.807, 2.05) is 11.5 Å². The standard InChI is InChI=1S/C27H31N5O2/c1-16-22-15-28-26(29-21-6-4-19(5-7-21)20-8-10-31(3)11-9-20)30-24(22)32(25(34)23(16)17(2)33)27-12-18(13-27)14-27/h4-7,15,18,20H,8-14H2,1-3H3,(H,28,29,30). The predicted molar refractivity (Wildman–Crippen MR) is 133 cm³/mol. The zero-order valence-corrected chi connectivity index (χ0v) is 20.1. The molecule has 7 heteroatoms. The number of carbonyl (C=O) groups is 1. The van der Waals surface area contributed by atoms with Gasteiger partial charge in [0.05, 0.1) is 11.1 Å². The van der Waals surface area contributed by atoms with Crippen LogP contribution in [-0.4, -0.2) is 45.4 Å². The molecule has 7 rings (SSSR count). The molecule has 1 aromatic carbocycles. The van der Waals surface area contributed by atoms with Gasteiger partial charge in [-0.25, -0.2) is 4.98 Å². The number of carbonyl (C=O) groups excluding carboxylic acids is 1. The van der Waals surface area contributed by atoms with E-state index in [1.54, 1.807) is 6.20 Å². The molecule has 3 saturated carbocycles. The molecule has 4 fully saturated rings. The molecule has 3 heterocycles. The van der Waals surface area contributed by atoms with Gasteiger partial charge in [-0.2, -0.15) is 4.98 Å². The molecule has 176 valence electrons. The fourth-order valence-corrected chi connectivity index (χ4v) is 6.24. The first-order valence-electron chi connectivity index (χ1n) is 12.3. The van der Waals surface area contributed by atoms with Crippen LogP contribution in [0.1, 0.15) is 66.4 Å². The molecule has 0 radical (unpaired) electrons. The number of hydrogen-bond acceptors (Lipinski definition) is 6. The number of rotatable bonds is 5. The van der Waals surface area contributed by atoms with Crippen molar-refractivity contribution in [2.75, 3.05) is 25.5 Å². The van der Waals surface area contributed by atoms with Crippen molar-refractivity contribution in [3.8, 4) is 0 Å². The quantitative estimate of drug-likeness (QED) is 0.574. The Morgan fingerprint density at radius 3 is 2.38 bits per heavy atom. The molecule has 1 saturated heterocycles. The number of fused-ring (bicyclic) bond motifs is 1. The lowest BCUT2D eigenvalue weighted by Crippen LogP contribution is -2.62. The zero-order chi connectivity index (χ0) is 23.6. The van der Waals surface area contributed by atoms with Crippen LogP contribution in [0.5, 0.6) is 0 Å². The first-order chi connectivity index (χ1) is 16.3. The normalized spacial score (nSPS) is 24.5. The third-order valence-electron chi connectivity index (χ3n) is 8.37. The molecule has 0 spiro atoms. The summed E-state index contributed by atoms with van der Waals surface area (Å²) < 4.78 is 1.81. The summed E-state index contributed by atoms with van der Waals surface area (Å²) in [6, 6.07) is 8.56. The maximum absolute atomic E-state index is 13.4. The number of aryl methyl sites for hydroxylation is 1. The van der Waals surface area contributed by atoms with E-state index in [0.29, 0.717) is 29.0 Å². The molecule has 1 aliphatic heterocycles. The van der Waals surface area contributed by atoms with Crippen LogP contribution in [0.15, 0.2) is 35.3 Å². The zero-order valence-electron chi connectivity index (χ0n) is 20.1. The number of aromatic nitrogens is 3. The number of Topliss-reactive ketones (excluding diaryl/α,β-unsaturated/α-hetero) is 1. The van der Waals surface area contributed by atoms with E-state index in [2.05, 4.69) is 46.5 Å². The van der Waals surface area contributed by atoms with Crippen LogP contribution in [0.3, 0.4) is 0 Å². The fraction of sp³-hybridized carbons (Fsp3) is 0.481. The second kappa shape index (κ2) is 7.73. The molecule has 3 aliphatic carbocycles. The van der Waals surface area contributed by atoms with Gasteiger partial charge in [0.2, 0.25) is 5.95 Å². The molecule has 0 amide bonds. The number of piperidine rings is 1. The molecule has 2 bridgehead atoms. The van der Waals surface area contributed by atoms with Crippen LogP contribution in [-0.2, 0) is 5.54 Å². The summed E-state index contributed by atoms with van der Waals surface area (Å²) in [7, 11) is 2.18. The van der Waals surface area contributed by atoms with Gasteiger partial charge in [-0.3, -0.25) is 14.2 Å². The number of pyridine rings is 1. The third kappa shape index (κ3) is 3.28. The van der Waals surface area contributed by atoms with Gasteiger partial charge < -0.3 is 10.2 Å². The second-order valence-electron chi connectivity index (χ2n) is 10.7. The van der Waals surface area contributed by atoms with Crippen molar-refractivity contribution in [1.29, 1.82) is 0 Å². The number of nitrogens with one attached hydrogen (secondary N) is 1. The third-order valence-corrected chi connectivity index (χ3v) is 8.37. The van der Waals surface area contributed by atoms with E-state index in [1.165, 1.54) is 25.3 Å². The first kappa shape index (κ1) is 21.5. The SMILES string of the molecule is CC(=O)c1c(C)c2cnc(Nc3ccc(C4CCN(C)CC4)cc3)nc2n(C23CC(C2)C3)c1=O. The van der Waals surface area contributed by atoms with Crippen LogP contribution in [0.2, 0.25) is 0 Å². The number of benzene rings is 1. The van der Waals surface area contributed by atoms with Gasteiger partial charge in [0, 0.05) is 17.3 Å². The smallest absolute Gasteiger partial charge is 0.263 e. The minimum atomic E-state index is -0.206. The number of hydrogen-bond donors (Lipinski definition) is 1. The minimum absolute atomic E-state index is 0.181. The fourth-order valence-electron chi connectivity index (χ4n) is 6.24. The second-order valence-corrected chi connectivity index (χ2v) is 10.7. The number of ketones is 1. The molecule has 2 aromatic heterocycles. The summed E-state index contributed by atoms with van der Waals surface area (Å²) in [5.41, 5.74) is 3.49. The van der Waals surface area contributed by atoms with Crippen LogP contribution >= 0.6 is 0 Å². The van der Waals surface area contributed by atoms with Crippen LogP contribution in [0.25, 0.3) is 11.0 Å². The Labute approximate surface area is 199 Å². The van der Waals surface area contributed by atoms with E-state index in [0.717, 1.165) is 43.4 Å². The predicted octanol–water partition coefficient (Wildman–Crippen LogP) is 4.36. The highest BCUT2D eigenvalue weighted by molar-refractivity contribution is 5.99. The van der Waals surface area contributed by atoms with Crippen LogP contribution in [0.4, 0.5) is 11.6 Å². The Hall–Kier alpha value is -3.06. The van der Waals surface area contributed by atoms with Crippen molar-refractivity contribution in [3.63, 3.8) is 0 Å². The van der Waals surface area contributed by atoms with Gasteiger partial charge in [-0.15, -0.1) is 0 Å². The highest BCUT2D eigenvalue weighted by Crippen LogP contribution is 2.62. The summed E-state index contributed by atoms with van der Waals surface area (Å²) in [5, 5.41) is 4.10. The molecule has 1 N–H and O–H groups in total. The molecular weight excluding hydrogens is 426 g/mol. The van der Waals surface area contributed by atoms with Crippen molar-refractivity contribution in [2.24, 2.45) is 5.92 Å². The molecule has 0 unspecified atom stereocenters. The van der Waals surface area contributed by atoms with Crippen molar-refractivity contribution in [3.05, 3.63) is 57.5 Å². The van der Waals surface area contributed by atoms with E-state index < -0.39 is 0 Å². The first-order valence-corrected chi connectivity index (χ1v) is 12.3. The topological polar surface area (TPSA) is 80.1 Å². The monoisotopic (exact) mass is 457 g/mol. The van der Waals surface area contributed by atoms with E-state index in [-0.39, 0.29) is 22.4 Å². The van der Waals surface area contributed by atoms with E-state index >= 15 is 0 Å². The van der Waals surface area contributed by atoms with Crippen LogP contribution in [0, 0.1) is 12.8 Å². The van der Waals surface area contributed by atoms with Crippen molar-refractivity contribution in [2.45, 2.75) is 57.4 Å². The molecule has 0 atom stereocenters. The van der Waals surface area contributed by atoms with Crippen molar-refractivity contribution in [1.82, 2.24) is 19.4 Å². The number of nitrogens with zero attached hydrogens (tertiary/aromatic N) is 4. The molecule has 34 heavy (non-hydrogen) atoms. The summed E-state index contributed by atoms with van der Waals surface area (Å²) in [4.78, 5) is 37.5. The van der Waals surface area contributed by atoms with Gasteiger partial charge in [0.15, 0.2) is 5.78 Å². The Balaban J connectivity index is 1.34. The maximum atomic E-state index is 13.4. The van der Waals surface area contributed by atoms with Crippen molar-refractivity contribution < 1.29 is 4.79 Å². The Bertz CT molecular complexity index is 1340. The highest BCUT2D eigenvalue weighted by Gasteiger charge is 2.59. The highest BCUT2D eigenvalue weighted by atomic mass is 16.1. The lowest BCUT2D eigenvalue weighted by Gasteiger charge is -2.62. The Morgan fingerprint density at radius 1 is 1.12 bits per heavy atom. The van der Waals surface area contributed by atoms with Gasteiger partial charge in [-0.05, 0) is 101 Å². The largest absolute Gasteiger partial charge is 0.324 e. The maximum Gasteiger partial charge on any atom is 0.263 e. The lowest BCUT2D eigenvalue weighted by molar-refractivity contribution is -0.0884. The van der Waals surface area contributed by atoms with E-state index in [9.17, 15) is 9.59 Å². The van der Waals surface area contributed by atoms with Gasteiger partial charge in [0.1, 0.15) is 5.65 Å². The molecule has 3 aromatic rings. The Kier molecular flexibility index (Phi) is 4.88. The summed E-state index contributed by atoms with van der Waals surface area (Å²) in [5.74, 6) is 1.58. The number of likely N-dealkylation sites (tertiary alicyclic amines) is 1. The number of anilines is 2. The molecule has 4 aliphatic rings. The average molecular weight is 458 g/mol. The van der Waals surface area contributed by atoms with Gasteiger partial charge >= 0.3 is 0 Å². The summed E-state index contributed by atoms with van der Waals surface area (Å²) in [6.45, 7) is 5.58.